The minimum atomic E-state index is -3.67. The van der Waals surface area contributed by atoms with Crippen LogP contribution in [0.25, 0.3) is 0 Å². The van der Waals surface area contributed by atoms with Gasteiger partial charge in [0, 0.05) is 24.0 Å². The molecule has 2 aromatic heterocycles. The van der Waals surface area contributed by atoms with Crippen LogP contribution in [0, 0.1) is 11.3 Å². The predicted molar refractivity (Wildman–Crippen MR) is 75.3 cm³/mol. The van der Waals surface area contributed by atoms with Crippen LogP contribution in [0.1, 0.15) is 12.2 Å². The third kappa shape index (κ3) is 3.19. The van der Waals surface area contributed by atoms with E-state index in [-0.39, 0.29) is 23.7 Å². The summed E-state index contributed by atoms with van der Waals surface area (Å²) in [6, 6.07) is 6.75. The Morgan fingerprint density at radius 2 is 2.30 bits per heavy atom. The lowest BCUT2D eigenvalue weighted by molar-refractivity contribution is 0.369. The van der Waals surface area contributed by atoms with E-state index in [0.717, 1.165) is 11.3 Å². The largest absolute Gasteiger partial charge is 0.468 e. The molecule has 0 amide bonds. The van der Waals surface area contributed by atoms with E-state index in [0.29, 0.717) is 11.4 Å². The van der Waals surface area contributed by atoms with Crippen molar-refractivity contribution in [3.8, 4) is 6.07 Å². The molecule has 0 atom stereocenters. The third-order valence-electron chi connectivity index (χ3n) is 2.58. The highest BCUT2D eigenvalue weighted by molar-refractivity contribution is 7.91. The van der Waals surface area contributed by atoms with Gasteiger partial charge in [-0.25, -0.2) is 8.42 Å². The molecule has 0 aliphatic rings. The molecule has 0 aliphatic carbocycles. The lowest BCUT2D eigenvalue weighted by Crippen LogP contribution is -2.30. The molecule has 2 heterocycles. The van der Waals surface area contributed by atoms with Gasteiger partial charge in [0.25, 0.3) is 10.0 Å². The molecule has 0 fully saturated rings. The van der Waals surface area contributed by atoms with Crippen molar-refractivity contribution >= 4 is 27.0 Å². The second kappa shape index (κ2) is 6.09. The number of nitriles is 1. The Bertz CT molecular complexity index is 699. The first kappa shape index (κ1) is 14.6. The van der Waals surface area contributed by atoms with Gasteiger partial charge in [-0.15, -0.1) is 11.3 Å². The Morgan fingerprint density at radius 3 is 2.85 bits per heavy atom. The summed E-state index contributed by atoms with van der Waals surface area (Å²) < 4.78 is 31.6. The number of nitrogen functional groups attached to an aromatic ring is 1. The third-order valence-corrected chi connectivity index (χ3v) is 5.85. The summed E-state index contributed by atoms with van der Waals surface area (Å²) in [5.41, 5.74) is 5.98. The van der Waals surface area contributed by atoms with Gasteiger partial charge in [0.15, 0.2) is 0 Å². The molecular weight excluding hydrogens is 298 g/mol. The zero-order valence-corrected chi connectivity index (χ0v) is 12.2. The number of sulfonamides is 1. The van der Waals surface area contributed by atoms with E-state index in [1.807, 2.05) is 6.07 Å². The van der Waals surface area contributed by atoms with Gasteiger partial charge in [-0.2, -0.15) is 9.57 Å². The summed E-state index contributed by atoms with van der Waals surface area (Å²) in [7, 11) is -3.67. The first-order valence-corrected chi connectivity index (χ1v) is 8.09. The fourth-order valence-electron chi connectivity index (χ4n) is 1.63. The topological polar surface area (TPSA) is 100 Å². The maximum atomic E-state index is 12.5. The number of anilines is 1. The number of furan rings is 1. The van der Waals surface area contributed by atoms with E-state index in [2.05, 4.69) is 0 Å². The highest BCUT2D eigenvalue weighted by atomic mass is 32.2. The quantitative estimate of drug-likeness (QED) is 0.879. The van der Waals surface area contributed by atoms with Crippen molar-refractivity contribution in [2.24, 2.45) is 0 Å². The summed E-state index contributed by atoms with van der Waals surface area (Å²) in [4.78, 5) is 0. The van der Waals surface area contributed by atoms with Gasteiger partial charge < -0.3 is 10.2 Å². The van der Waals surface area contributed by atoms with Crippen LogP contribution in [-0.2, 0) is 16.6 Å². The lowest BCUT2D eigenvalue weighted by Gasteiger charge is -2.18. The van der Waals surface area contributed by atoms with Crippen LogP contribution in [-0.4, -0.2) is 19.3 Å². The normalized spacial score (nSPS) is 11.6. The standard InChI is InChI=1S/C12H13N3O3S2/c13-4-2-5-15(8-11-3-1-6-18-11)20(16,17)12-7-10(14)9-19-12/h1,3,6-7,9H,2,5,8,14H2. The summed E-state index contributed by atoms with van der Waals surface area (Å²) in [5.74, 6) is 0.524. The molecule has 0 aromatic carbocycles. The van der Waals surface area contributed by atoms with Crippen LogP contribution < -0.4 is 5.73 Å². The molecule has 8 heteroatoms. The number of thiophene rings is 1. The molecule has 0 spiro atoms. The zero-order valence-electron chi connectivity index (χ0n) is 10.5. The summed E-state index contributed by atoms with van der Waals surface area (Å²) >= 11 is 1.06. The van der Waals surface area contributed by atoms with Crippen molar-refractivity contribution in [3.05, 3.63) is 35.6 Å². The molecule has 0 unspecified atom stereocenters. The van der Waals surface area contributed by atoms with Gasteiger partial charge in [-0.05, 0) is 18.2 Å². The molecule has 0 radical (unpaired) electrons. The Morgan fingerprint density at radius 1 is 1.50 bits per heavy atom. The Balaban J connectivity index is 2.27. The SMILES string of the molecule is N#CCCN(Cc1ccco1)S(=O)(=O)c1cc(N)cs1. The molecule has 0 bridgehead atoms. The van der Waals surface area contributed by atoms with Crippen LogP contribution in [0.4, 0.5) is 5.69 Å². The van der Waals surface area contributed by atoms with E-state index >= 15 is 0 Å². The van der Waals surface area contributed by atoms with Gasteiger partial charge >= 0.3 is 0 Å². The maximum absolute atomic E-state index is 12.5. The van der Waals surface area contributed by atoms with Crippen LogP contribution in [0.15, 0.2) is 38.5 Å². The number of hydrogen-bond donors (Lipinski definition) is 1. The first-order chi connectivity index (χ1) is 9.54. The van der Waals surface area contributed by atoms with Crippen molar-refractivity contribution in [1.82, 2.24) is 4.31 Å². The smallest absolute Gasteiger partial charge is 0.253 e. The average Bonchev–Trinajstić information content (AvgIpc) is 3.05. The molecule has 0 saturated carbocycles. The van der Waals surface area contributed by atoms with Crippen LogP contribution >= 0.6 is 11.3 Å². The van der Waals surface area contributed by atoms with Gasteiger partial charge in [-0.3, -0.25) is 0 Å². The average molecular weight is 311 g/mol. The van der Waals surface area contributed by atoms with E-state index in [9.17, 15) is 8.42 Å². The maximum Gasteiger partial charge on any atom is 0.253 e. The van der Waals surface area contributed by atoms with Crippen molar-refractivity contribution in [2.45, 2.75) is 17.2 Å². The predicted octanol–water partition coefficient (Wildman–Crippen LogP) is 2.03. The fraction of sp³-hybridized carbons (Fsp3) is 0.250. The Kier molecular flexibility index (Phi) is 4.44. The van der Waals surface area contributed by atoms with Crippen molar-refractivity contribution < 1.29 is 12.8 Å². The molecule has 106 valence electrons. The Labute approximate surface area is 121 Å². The summed E-state index contributed by atoms with van der Waals surface area (Å²) in [6.45, 7) is 0.201. The van der Waals surface area contributed by atoms with Gasteiger partial charge in [0.1, 0.15) is 9.97 Å². The number of hydrogen-bond acceptors (Lipinski definition) is 6. The van der Waals surface area contributed by atoms with Gasteiger partial charge in [0.2, 0.25) is 0 Å². The van der Waals surface area contributed by atoms with Crippen molar-refractivity contribution in [3.63, 3.8) is 0 Å². The molecule has 2 aromatic rings. The minimum absolute atomic E-state index is 0.0921. The van der Waals surface area contributed by atoms with Crippen LogP contribution in [0.3, 0.4) is 0 Å². The van der Waals surface area contributed by atoms with E-state index in [1.54, 1.807) is 17.5 Å². The molecule has 2 rings (SSSR count). The summed E-state index contributed by atoms with van der Waals surface area (Å²) in [5, 5.41) is 10.2. The Hall–Kier alpha value is -1.82. The second-order valence-electron chi connectivity index (χ2n) is 4.03. The number of nitrogens with zero attached hydrogens (tertiary/aromatic N) is 2. The van der Waals surface area contributed by atoms with Gasteiger partial charge in [0.05, 0.1) is 18.9 Å². The first-order valence-electron chi connectivity index (χ1n) is 5.77. The summed E-state index contributed by atoms with van der Waals surface area (Å²) in [6.07, 6.45) is 1.59. The highest BCUT2D eigenvalue weighted by Crippen LogP contribution is 2.26. The molecule has 2 N–H and O–H groups in total. The second-order valence-corrected chi connectivity index (χ2v) is 7.10. The zero-order chi connectivity index (χ0) is 14.6. The highest BCUT2D eigenvalue weighted by Gasteiger charge is 2.26. The van der Waals surface area contributed by atoms with Gasteiger partial charge in [-0.1, -0.05) is 0 Å². The molecule has 20 heavy (non-hydrogen) atoms. The minimum Gasteiger partial charge on any atom is -0.468 e. The van der Waals surface area contributed by atoms with Crippen LogP contribution in [0.5, 0.6) is 0 Å². The number of nitrogens with two attached hydrogens (primary N) is 1. The molecule has 0 saturated heterocycles. The van der Waals surface area contributed by atoms with Crippen molar-refractivity contribution in [1.29, 1.82) is 5.26 Å². The fourth-order valence-corrected chi connectivity index (χ4v) is 4.27. The number of rotatable bonds is 6. The monoisotopic (exact) mass is 311 g/mol. The molecular formula is C12H13N3O3S2. The lowest BCUT2D eigenvalue weighted by atomic mass is 10.4. The molecule has 0 aliphatic heterocycles. The van der Waals surface area contributed by atoms with Crippen LogP contribution in [0.2, 0.25) is 0 Å². The van der Waals surface area contributed by atoms with E-state index in [4.69, 9.17) is 15.4 Å². The van der Waals surface area contributed by atoms with E-state index in [1.165, 1.54) is 16.6 Å². The van der Waals surface area contributed by atoms with Crippen molar-refractivity contribution in [2.75, 3.05) is 12.3 Å². The molecule has 6 nitrogen and oxygen atoms in total. The van der Waals surface area contributed by atoms with E-state index < -0.39 is 10.0 Å².